The molecule has 0 bridgehead atoms. The molecule has 2 rings (SSSR count). The maximum absolute atomic E-state index is 13.5. The molecule has 1 amide bonds. The van der Waals surface area contributed by atoms with Gasteiger partial charge >= 0.3 is 12.1 Å². The fourth-order valence-corrected chi connectivity index (χ4v) is 3.89. The summed E-state index contributed by atoms with van der Waals surface area (Å²) < 4.78 is 46.9. The highest BCUT2D eigenvalue weighted by Crippen LogP contribution is 2.38. The molecule has 0 aliphatic heterocycles. The standard InChI is InChI=1S/C20H25F3N4O3S/c1-6-12(4)27(15(28)10-9-14-11-24-26(7-2)13(14)5)19-25-17(20(21,22)23)16(31-19)18(29)30-8-3/h9-12H,6-8H2,1-5H3/b10-9+/t12-/m0/s1. The Morgan fingerprint density at radius 1 is 1.32 bits per heavy atom. The molecule has 0 saturated heterocycles. The van der Waals surface area contributed by atoms with E-state index in [1.54, 1.807) is 30.8 Å². The number of aromatic nitrogens is 3. The number of esters is 1. The number of aryl methyl sites for hydroxylation is 1. The zero-order chi connectivity index (χ0) is 23.3. The van der Waals surface area contributed by atoms with Crippen LogP contribution in [0.2, 0.25) is 0 Å². The number of carbonyl (C=O) groups excluding carboxylic acids is 2. The molecule has 0 unspecified atom stereocenters. The first-order valence-electron chi connectivity index (χ1n) is 9.83. The van der Waals surface area contributed by atoms with E-state index >= 15 is 0 Å². The lowest BCUT2D eigenvalue weighted by Gasteiger charge is -2.24. The Bertz CT molecular complexity index is 966. The van der Waals surface area contributed by atoms with Gasteiger partial charge in [0.05, 0.1) is 12.8 Å². The number of rotatable bonds is 8. The molecule has 0 fully saturated rings. The summed E-state index contributed by atoms with van der Waals surface area (Å²) in [6, 6.07) is -0.445. The average Bonchev–Trinajstić information content (AvgIpc) is 3.30. The number of nitrogens with zero attached hydrogens (tertiary/aromatic N) is 4. The first-order chi connectivity index (χ1) is 14.5. The maximum Gasteiger partial charge on any atom is 0.435 e. The summed E-state index contributed by atoms with van der Waals surface area (Å²) in [4.78, 5) is 29.1. The molecule has 11 heteroatoms. The predicted molar refractivity (Wildman–Crippen MR) is 112 cm³/mol. The lowest BCUT2D eigenvalue weighted by molar-refractivity contribution is -0.141. The van der Waals surface area contributed by atoms with Gasteiger partial charge < -0.3 is 4.74 Å². The Balaban J connectivity index is 2.46. The molecule has 0 spiro atoms. The maximum atomic E-state index is 13.5. The summed E-state index contributed by atoms with van der Waals surface area (Å²) in [7, 11) is 0. The van der Waals surface area contributed by atoms with Crippen molar-refractivity contribution >= 4 is 34.4 Å². The molecule has 0 aliphatic carbocycles. The van der Waals surface area contributed by atoms with Gasteiger partial charge in [-0.15, -0.1) is 0 Å². The van der Waals surface area contributed by atoms with E-state index in [1.807, 2.05) is 13.8 Å². The van der Waals surface area contributed by atoms with Crippen molar-refractivity contribution in [2.24, 2.45) is 0 Å². The highest BCUT2D eigenvalue weighted by molar-refractivity contribution is 7.17. The van der Waals surface area contributed by atoms with Crippen molar-refractivity contribution < 1.29 is 27.5 Å². The summed E-state index contributed by atoms with van der Waals surface area (Å²) in [6.07, 6.45) is 0.0660. The number of hydrogen-bond donors (Lipinski definition) is 0. The van der Waals surface area contributed by atoms with Crippen LogP contribution in [0.25, 0.3) is 6.08 Å². The van der Waals surface area contributed by atoms with E-state index < -0.39 is 34.7 Å². The van der Waals surface area contributed by atoms with Gasteiger partial charge in [-0.25, -0.2) is 9.78 Å². The highest BCUT2D eigenvalue weighted by Gasteiger charge is 2.41. The molecule has 0 N–H and O–H groups in total. The van der Waals surface area contributed by atoms with Crippen LogP contribution < -0.4 is 4.90 Å². The van der Waals surface area contributed by atoms with Gasteiger partial charge in [0.25, 0.3) is 5.91 Å². The Morgan fingerprint density at radius 2 is 2.00 bits per heavy atom. The minimum Gasteiger partial charge on any atom is -0.462 e. The normalized spacial score (nSPS) is 12.9. The SMILES string of the molecule is CCOC(=O)c1sc(N(C(=O)/C=C/c2cnn(CC)c2C)[C@@H](C)CC)nc1C(F)(F)F. The van der Waals surface area contributed by atoms with Crippen LogP contribution in [-0.4, -0.2) is 39.3 Å². The second-order valence-corrected chi connectivity index (χ2v) is 7.67. The van der Waals surface area contributed by atoms with E-state index in [1.165, 1.54) is 17.9 Å². The van der Waals surface area contributed by atoms with E-state index in [4.69, 9.17) is 4.74 Å². The van der Waals surface area contributed by atoms with Crippen molar-refractivity contribution in [2.45, 2.75) is 59.8 Å². The van der Waals surface area contributed by atoms with Gasteiger partial charge in [-0.1, -0.05) is 18.3 Å². The minimum absolute atomic E-state index is 0.0785. The number of alkyl halides is 3. The Labute approximate surface area is 182 Å². The molecule has 1 atom stereocenters. The second-order valence-electron chi connectivity index (χ2n) is 6.69. The zero-order valence-corrected chi connectivity index (χ0v) is 18.8. The number of thiazole rings is 1. The fourth-order valence-electron chi connectivity index (χ4n) is 2.81. The van der Waals surface area contributed by atoms with E-state index in [-0.39, 0.29) is 11.7 Å². The van der Waals surface area contributed by atoms with Gasteiger partial charge in [0.2, 0.25) is 0 Å². The van der Waals surface area contributed by atoms with Crippen molar-refractivity contribution in [1.29, 1.82) is 0 Å². The van der Waals surface area contributed by atoms with Crippen molar-refractivity contribution in [3.8, 4) is 0 Å². The van der Waals surface area contributed by atoms with Crippen LogP contribution in [0.5, 0.6) is 0 Å². The zero-order valence-electron chi connectivity index (χ0n) is 18.0. The Morgan fingerprint density at radius 3 is 2.52 bits per heavy atom. The van der Waals surface area contributed by atoms with Gasteiger partial charge in [0.1, 0.15) is 4.88 Å². The van der Waals surface area contributed by atoms with E-state index in [0.717, 1.165) is 11.3 Å². The van der Waals surface area contributed by atoms with Crippen LogP contribution in [-0.2, 0) is 22.3 Å². The van der Waals surface area contributed by atoms with Crippen LogP contribution in [0.15, 0.2) is 12.3 Å². The molecule has 7 nitrogen and oxygen atoms in total. The summed E-state index contributed by atoms with van der Waals surface area (Å²) in [6.45, 7) is 9.38. The minimum atomic E-state index is -4.86. The second kappa shape index (κ2) is 10.1. The first kappa shape index (κ1) is 24.6. The van der Waals surface area contributed by atoms with E-state index in [9.17, 15) is 22.8 Å². The fraction of sp³-hybridized carbons (Fsp3) is 0.500. The lowest BCUT2D eigenvalue weighted by Crippen LogP contribution is -2.37. The van der Waals surface area contributed by atoms with Gasteiger partial charge in [-0.3, -0.25) is 14.4 Å². The molecule has 170 valence electrons. The van der Waals surface area contributed by atoms with Crippen LogP contribution in [0.4, 0.5) is 18.3 Å². The Hall–Kier alpha value is -2.69. The van der Waals surface area contributed by atoms with Gasteiger partial charge in [-0.2, -0.15) is 18.3 Å². The third kappa shape index (κ3) is 5.52. The van der Waals surface area contributed by atoms with Crippen molar-refractivity contribution in [1.82, 2.24) is 14.8 Å². The molecule has 0 aliphatic rings. The summed E-state index contributed by atoms with van der Waals surface area (Å²) in [5.74, 6) is -1.66. The van der Waals surface area contributed by atoms with E-state index in [2.05, 4.69) is 10.1 Å². The topological polar surface area (TPSA) is 77.3 Å². The average molecular weight is 459 g/mol. The number of hydrogen-bond acceptors (Lipinski definition) is 6. The molecule has 2 aromatic rings. The van der Waals surface area contributed by atoms with E-state index in [0.29, 0.717) is 24.3 Å². The van der Waals surface area contributed by atoms with Crippen LogP contribution in [0.3, 0.4) is 0 Å². The van der Waals surface area contributed by atoms with Gasteiger partial charge in [-0.05, 0) is 40.2 Å². The van der Waals surface area contributed by atoms with Gasteiger partial charge in [0, 0.05) is 29.9 Å². The molecular weight excluding hydrogens is 433 g/mol. The third-order valence-corrected chi connectivity index (χ3v) is 5.70. The summed E-state index contributed by atoms with van der Waals surface area (Å²) in [5.41, 5.74) is 0.234. The van der Waals surface area contributed by atoms with Crippen LogP contribution in [0.1, 0.15) is 60.7 Å². The number of halogens is 3. The van der Waals surface area contributed by atoms with Crippen molar-refractivity contribution in [3.63, 3.8) is 0 Å². The first-order valence-corrected chi connectivity index (χ1v) is 10.6. The lowest BCUT2D eigenvalue weighted by atomic mass is 10.2. The smallest absolute Gasteiger partial charge is 0.435 e. The molecule has 2 aromatic heterocycles. The molecule has 0 radical (unpaired) electrons. The number of amides is 1. The highest BCUT2D eigenvalue weighted by atomic mass is 32.1. The molecule has 0 aromatic carbocycles. The van der Waals surface area contributed by atoms with Crippen molar-refractivity contribution in [2.75, 3.05) is 11.5 Å². The Kier molecular flexibility index (Phi) is 7.99. The van der Waals surface area contributed by atoms with Crippen molar-refractivity contribution in [3.05, 3.63) is 34.1 Å². The number of ether oxygens (including phenoxy) is 1. The van der Waals surface area contributed by atoms with Crippen LogP contribution >= 0.6 is 11.3 Å². The molecule has 2 heterocycles. The summed E-state index contributed by atoms with van der Waals surface area (Å²) >= 11 is 0.496. The molecule has 0 saturated carbocycles. The largest absolute Gasteiger partial charge is 0.462 e. The molecular formula is C20H25F3N4O3S. The third-order valence-electron chi connectivity index (χ3n) is 4.67. The monoisotopic (exact) mass is 458 g/mol. The number of carbonyl (C=O) groups is 2. The number of anilines is 1. The molecule has 31 heavy (non-hydrogen) atoms. The predicted octanol–water partition coefficient (Wildman–Crippen LogP) is 4.71. The summed E-state index contributed by atoms with van der Waals surface area (Å²) in [5, 5.41) is 3.99. The van der Waals surface area contributed by atoms with Gasteiger partial charge in [0.15, 0.2) is 10.8 Å². The quantitative estimate of drug-likeness (QED) is 0.423. The van der Waals surface area contributed by atoms with Crippen LogP contribution in [0, 0.1) is 6.92 Å².